The lowest BCUT2D eigenvalue weighted by Gasteiger charge is -2.06. The Hall–Kier alpha value is -1.76. The number of benzene rings is 2. The number of aromatic nitrogens is 1. The Kier molecular flexibility index (Phi) is 4.24. The topological polar surface area (TPSA) is 48.3 Å². The van der Waals surface area contributed by atoms with Crippen molar-refractivity contribution in [1.29, 1.82) is 0 Å². The fourth-order valence-corrected chi connectivity index (χ4v) is 4.24. The van der Waals surface area contributed by atoms with Gasteiger partial charge in [-0.1, -0.05) is 23.7 Å². The Labute approximate surface area is 139 Å². The van der Waals surface area contributed by atoms with Crippen molar-refractivity contribution in [2.24, 2.45) is 0 Å². The molecular formula is C15H10ClNO3S2. The van der Waals surface area contributed by atoms with E-state index in [4.69, 9.17) is 16.3 Å². The highest BCUT2D eigenvalue weighted by Crippen LogP contribution is 2.29. The van der Waals surface area contributed by atoms with Crippen LogP contribution in [0.3, 0.4) is 0 Å². The molecule has 3 rings (SSSR count). The molecule has 0 aliphatic rings. The van der Waals surface area contributed by atoms with Crippen LogP contribution < -0.4 is 5.56 Å². The summed E-state index contributed by atoms with van der Waals surface area (Å²) in [6.45, 7) is 0. The minimum absolute atomic E-state index is 0.146. The molecule has 0 fully saturated rings. The van der Waals surface area contributed by atoms with Gasteiger partial charge in [-0.3, -0.25) is 4.79 Å². The highest BCUT2D eigenvalue weighted by atomic mass is 35.5. The predicted molar refractivity (Wildman–Crippen MR) is 90.1 cm³/mol. The van der Waals surface area contributed by atoms with Gasteiger partial charge in [-0.25, -0.2) is 4.79 Å². The normalized spacial score (nSPS) is 10.8. The van der Waals surface area contributed by atoms with Crippen molar-refractivity contribution < 1.29 is 9.53 Å². The molecule has 0 saturated heterocycles. The summed E-state index contributed by atoms with van der Waals surface area (Å²) in [6.07, 6.45) is 0. The molecular weight excluding hydrogens is 342 g/mol. The van der Waals surface area contributed by atoms with Gasteiger partial charge in [-0.05, 0) is 41.9 Å². The summed E-state index contributed by atoms with van der Waals surface area (Å²) in [5.74, 6) is -0.430. The average Bonchev–Trinajstić information content (AvgIpc) is 2.83. The van der Waals surface area contributed by atoms with Crippen LogP contribution in [0.15, 0.2) is 52.2 Å². The van der Waals surface area contributed by atoms with Crippen molar-refractivity contribution in [3.05, 3.63) is 63.4 Å². The fraction of sp³-hybridized carbons (Fsp3) is 0.0667. The number of fused-ring (bicyclic) bond motifs is 1. The van der Waals surface area contributed by atoms with Crippen LogP contribution in [0, 0.1) is 0 Å². The molecule has 0 aliphatic carbocycles. The van der Waals surface area contributed by atoms with Gasteiger partial charge in [-0.15, -0.1) is 0 Å². The van der Waals surface area contributed by atoms with Crippen LogP contribution in [0.4, 0.5) is 0 Å². The van der Waals surface area contributed by atoms with Crippen LogP contribution in [-0.4, -0.2) is 16.4 Å². The molecule has 7 heteroatoms. The van der Waals surface area contributed by atoms with Gasteiger partial charge in [0.1, 0.15) is 0 Å². The number of rotatable bonds is 3. The molecule has 0 atom stereocenters. The molecule has 1 heterocycles. The second-order valence-electron chi connectivity index (χ2n) is 4.37. The molecule has 0 bridgehead atoms. The van der Waals surface area contributed by atoms with Crippen molar-refractivity contribution in [3.63, 3.8) is 0 Å². The maximum Gasteiger partial charge on any atom is 0.339 e. The van der Waals surface area contributed by atoms with E-state index in [1.807, 2.05) is 12.1 Å². The van der Waals surface area contributed by atoms with Crippen LogP contribution in [0.25, 0.3) is 10.1 Å². The van der Waals surface area contributed by atoms with Crippen molar-refractivity contribution in [3.8, 4) is 0 Å². The van der Waals surface area contributed by atoms with Gasteiger partial charge in [-0.2, -0.15) is 3.36 Å². The second-order valence-corrected chi connectivity index (χ2v) is 7.02. The first-order chi connectivity index (χ1) is 10.6. The van der Waals surface area contributed by atoms with Crippen LogP contribution >= 0.6 is 35.1 Å². The molecule has 3 aromatic rings. The summed E-state index contributed by atoms with van der Waals surface area (Å²) < 4.78 is 7.14. The highest BCUT2D eigenvalue weighted by molar-refractivity contribution is 7.99. The zero-order valence-corrected chi connectivity index (χ0v) is 13.8. The summed E-state index contributed by atoms with van der Waals surface area (Å²) in [4.78, 5) is 24.9. The summed E-state index contributed by atoms with van der Waals surface area (Å²) in [5.41, 5.74) is 0.282. The van der Waals surface area contributed by atoms with E-state index in [1.54, 1.807) is 30.3 Å². The SMILES string of the molecule is COC(=O)c1ccccc1Sn1sc2ccc(Cl)cc2c1=O. The number of methoxy groups -OCH3 is 1. The number of ether oxygens (including phenoxy) is 1. The summed E-state index contributed by atoms with van der Waals surface area (Å²) in [7, 11) is 1.33. The first kappa shape index (κ1) is 15.1. The zero-order valence-electron chi connectivity index (χ0n) is 11.4. The molecule has 0 aliphatic heterocycles. The third-order valence-electron chi connectivity index (χ3n) is 2.99. The highest BCUT2D eigenvalue weighted by Gasteiger charge is 2.15. The molecule has 0 unspecified atom stereocenters. The summed E-state index contributed by atoms with van der Waals surface area (Å²) in [6, 6.07) is 12.2. The van der Waals surface area contributed by atoms with Gasteiger partial charge in [0.2, 0.25) is 0 Å². The zero-order chi connectivity index (χ0) is 15.7. The van der Waals surface area contributed by atoms with E-state index in [0.29, 0.717) is 20.9 Å². The van der Waals surface area contributed by atoms with Crippen LogP contribution in [0.1, 0.15) is 10.4 Å². The van der Waals surface area contributed by atoms with E-state index in [9.17, 15) is 9.59 Å². The van der Waals surface area contributed by atoms with Gasteiger partial charge < -0.3 is 4.74 Å². The largest absolute Gasteiger partial charge is 0.465 e. The predicted octanol–water partition coefficient (Wildman–Crippen LogP) is 4.06. The van der Waals surface area contributed by atoms with Gasteiger partial charge in [0, 0.05) is 21.9 Å². The quantitative estimate of drug-likeness (QED) is 0.668. The molecule has 0 spiro atoms. The number of esters is 1. The lowest BCUT2D eigenvalue weighted by atomic mass is 10.2. The third-order valence-corrected chi connectivity index (χ3v) is 5.44. The standard InChI is InChI=1S/C15H10ClNO3S2/c1-20-15(19)10-4-2-3-5-12(10)21-17-14(18)11-8-9(16)6-7-13(11)22-17/h2-8H,1H3. The Morgan fingerprint density at radius 3 is 2.82 bits per heavy atom. The van der Waals surface area contributed by atoms with Crippen molar-refractivity contribution >= 4 is 51.1 Å². The second kappa shape index (κ2) is 6.16. The lowest BCUT2D eigenvalue weighted by Crippen LogP contribution is -2.09. The molecule has 1 aromatic heterocycles. The van der Waals surface area contributed by atoms with Gasteiger partial charge in [0.15, 0.2) is 0 Å². The molecule has 0 saturated carbocycles. The number of halogens is 1. The fourth-order valence-electron chi connectivity index (χ4n) is 1.95. The van der Waals surface area contributed by atoms with E-state index in [0.717, 1.165) is 4.70 Å². The number of nitrogens with zero attached hydrogens (tertiary/aromatic N) is 1. The molecule has 2 aromatic carbocycles. The minimum Gasteiger partial charge on any atom is -0.465 e. The van der Waals surface area contributed by atoms with Gasteiger partial charge in [0.25, 0.3) is 5.56 Å². The molecule has 0 amide bonds. The van der Waals surface area contributed by atoms with Crippen molar-refractivity contribution in [2.45, 2.75) is 4.90 Å². The first-order valence-electron chi connectivity index (χ1n) is 6.27. The molecule has 4 nitrogen and oxygen atoms in total. The lowest BCUT2D eigenvalue weighted by molar-refractivity contribution is 0.0597. The smallest absolute Gasteiger partial charge is 0.339 e. The number of hydrogen-bond donors (Lipinski definition) is 0. The molecule has 22 heavy (non-hydrogen) atoms. The van der Waals surface area contributed by atoms with Gasteiger partial charge in [0.05, 0.1) is 22.8 Å². The van der Waals surface area contributed by atoms with E-state index >= 15 is 0 Å². The first-order valence-corrected chi connectivity index (χ1v) is 8.20. The molecule has 0 radical (unpaired) electrons. The van der Waals surface area contributed by atoms with E-state index in [1.165, 1.54) is 34.0 Å². The van der Waals surface area contributed by atoms with E-state index in [2.05, 4.69) is 0 Å². The Morgan fingerprint density at radius 1 is 1.27 bits per heavy atom. The third kappa shape index (κ3) is 2.77. The Balaban J connectivity index is 2.06. The maximum absolute atomic E-state index is 12.4. The Morgan fingerprint density at radius 2 is 2.05 bits per heavy atom. The number of hydrogen-bond acceptors (Lipinski definition) is 5. The van der Waals surface area contributed by atoms with Crippen LogP contribution in [0.2, 0.25) is 5.02 Å². The maximum atomic E-state index is 12.4. The monoisotopic (exact) mass is 351 g/mol. The summed E-state index contributed by atoms with van der Waals surface area (Å²) in [5, 5.41) is 1.09. The summed E-state index contributed by atoms with van der Waals surface area (Å²) >= 11 is 8.44. The van der Waals surface area contributed by atoms with E-state index in [-0.39, 0.29) is 5.56 Å². The van der Waals surface area contributed by atoms with Crippen LogP contribution in [0.5, 0.6) is 0 Å². The average molecular weight is 352 g/mol. The number of carbonyl (C=O) groups excluding carboxylic acids is 1. The molecule has 112 valence electrons. The van der Waals surface area contributed by atoms with Gasteiger partial charge >= 0.3 is 5.97 Å². The van der Waals surface area contributed by atoms with Crippen LogP contribution in [-0.2, 0) is 4.74 Å². The Bertz CT molecular complexity index is 917. The van der Waals surface area contributed by atoms with Crippen molar-refractivity contribution in [2.75, 3.05) is 7.11 Å². The molecule has 0 N–H and O–H groups in total. The minimum atomic E-state index is -0.430. The van der Waals surface area contributed by atoms with Crippen molar-refractivity contribution in [1.82, 2.24) is 3.36 Å². The van der Waals surface area contributed by atoms with E-state index < -0.39 is 5.97 Å². The number of carbonyl (C=O) groups is 1.